The molecule has 0 saturated heterocycles. The molecule has 1 N–H and O–H groups in total. The Morgan fingerprint density at radius 2 is 2.27 bits per heavy atom. The second-order valence-corrected chi connectivity index (χ2v) is 7.14. The molecule has 1 unspecified atom stereocenters. The Morgan fingerprint density at radius 3 is 3.04 bits per heavy atom. The summed E-state index contributed by atoms with van der Waals surface area (Å²) in [6.07, 6.45) is 7.76. The van der Waals surface area contributed by atoms with Gasteiger partial charge in [0.25, 0.3) is 0 Å². The quantitative estimate of drug-likeness (QED) is 0.330. The van der Waals surface area contributed by atoms with Gasteiger partial charge in [-0.2, -0.15) is 5.26 Å². The van der Waals surface area contributed by atoms with Crippen molar-refractivity contribution in [2.75, 3.05) is 0 Å². The minimum Gasteiger partial charge on any atom is -0.332 e. The van der Waals surface area contributed by atoms with Crippen molar-refractivity contribution in [1.29, 1.82) is 5.26 Å². The Bertz CT molecular complexity index is 1000. The summed E-state index contributed by atoms with van der Waals surface area (Å²) in [7, 11) is 0. The lowest BCUT2D eigenvalue weighted by Gasteiger charge is -2.11. The number of thioether (sulfide) groups is 1. The van der Waals surface area contributed by atoms with Crippen molar-refractivity contribution >= 4 is 23.3 Å². The second-order valence-electron chi connectivity index (χ2n) is 6.07. The number of nitrogens with zero attached hydrogens (tertiary/aromatic N) is 4. The summed E-state index contributed by atoms with van der Waals surface area (Å²) in [5.41, 5.74) is 5.26. The summed E-state index contributed by atoms with van der Waals surface area (Å²) in [6, 6.07) is 14.0. The summed E-state index contributed by atoms with van der Waals surface area (Å²) in [5, 5.41) is 12.1. The molecular formula is C20H17N5S. The molecule has 0 amide bonds. The van der Waals surface area contributed by atoms with E-state index in [1.165, 1.54) is 5.56 Å². The molecule has 0 aliphatic carbocycles. The van der Waals surface area contributed by atoms with Crippen molar-refractivity contribution in [2.24, 2.45) is 4.99 Å². The maximum atomic E-state index is 9.12. The normalized spacial score (nSPS) is 16.2. The smallest absolute Gasteiger partial charge is 0.182 e. The molecule has 0 radical (unpaired) electrons. The predicted molar refractivity (Wildman–Crippen MR) is 104 cm³/mol. The van der Waals surface area contributed by atoms with E-state index in [0.29, 0.717) is 5.84 Å². The first-order valence-electron chi connectivity index (χ1n) is 8.28. The highest BCUT2D eigenvalue weighted by molar-refractivity contribution is 7.99. The maximum absolute atomic E-state index is 9.12. The van der Waals surface area contributed by atoms with Gasteiger partial charge in [0.2, 0.25) is 0 Å². The number of rotatable bonds is 3. The fourth-order valence-corrected chi connectivity index (χ4v) is 4.39. The van der Waals surface area contributed by atoms with Crippen LogP contribution in [0.2, 0.25) is 0 Å². The van der Waals surface area contributed by atoms with E-state index in [-0.39, 0.29) is 5.37 Å². The zero-order chi connectivity index (χ0) is 17.9. The van der Waals surface area contributed by atoms with Crippen LogP contribution in [0.1, 0.15) is 27.8 Å². The van der Waals surface area contributed by atoms with Crippen LogP contribution in [0.3, 0.4) is 0 Å². The highest BCUT2D eigenvalue weighted by atomic mass is 32.2. The van der Waals surface area contributed by atoms with E-state index in [1.807, 2.05) is 67.5 Å². The van der Waals surface area contributed by atoms with Gasteiger partial charge in [0.15, 0.2) is 6.19 Å². The van der Waals surface area contributed by atoms with Crippen molar-refractivity contribution in [2.45, 2.75) is 18.1 Å². The number of nitrogens with one attached hydrogen (secondary N) is 1. The monoisotopic (exact) mass is 359 g/mol. The Hall–Kier alpha value is -3.04. The molecule has 5 nitrogen and oxygen atoms in total. The van der Waals surface area contributed by atoms with Crippen LogP contribution in [0.5, 0.6) is 0 Å². The molecular weight excluding hydrogens is 342 g/mol. The third-order valence-electron chi connectivity index (χ3n) is 4.30. The summed E-state index contributed by atoms with van der Waals surface area (Å²) in [4.78, 5) is 8.98. The molecule has 128 valence electrons. The average Bonchev–Trinajstić information content (AvgIpc) is 3.25. The van der Waals surface area contributed by atoms with Crippen molar-refractivity contribution in [3.8, 4) is 6.19 Å². The van der Waals surface area contributed by atoms with Crippen LogP contribution < -0.4 is 5.32 Å². The van der Waals surface area contributed by atoms with Crippen LogP contribution in [0.4, 0.5) is 5.69 Å². The fourth-order valence-electron chi connectivity index (χ4n) is 3.09. The zero-order valence-corrected chi connectivity index (χ0v) is 15.1. The van der Waals surface area contributed by atoms with Gasteiger partial charge >= 0.3 is 0 Å². The number of hydrogen-bond donors (Lipinski definition) is 1. The molecule has 2 aromatic heterocycles. The van der Waals surface area contributed by atoms with E-state index in [2.05, 4.69) is 27.1 Å². The van der Waals surface area contributed by atoms with Crippen LogP contribution >= 0.6 is 11.8 Å². The maximum Gasteiger partial charge on any atom is 0.182 e. The molecule has 1 aliphatic heterocycles. The highest BCUT2D eigenvalue weighted by Crippen LogP contribution is 2.44. The van der Waals surface area contributed by atoms with Gasteiger partial charge in [-0.05, 0) is 25.1 Å². The second kappa shape index (κ2) is 7.06. The molecule has 0 bridgehead atoms. The first-order chi connectivity index (χ1) is 12.8. The first-order valence-corrected chi connectivity index (χ1v) is 9.33. The number of aryl methyl sites for hydroxylation is 1. The number of aromatic nitrogens is 2. The number of aliphatic imine (C=N–C) groups is 1. The molecule has 3 aromatic rings. The number of benzene rings is 1. The van der Waals surface area contributed by atoms with Gasteiger partial charge in [0.1, 0.15) is 11.2 Å². The number of fused-ring (bicyclic) bond motifs is 1. The van der Waals surface area contributed by atoms with Gasteiger partial charge in [-0.15, -0.1) is 11.8 Å². The Morgan fingerprint density at radius 1 is 1.35 bits per heavy atom. The first kappa shape index (κ1) is 16.4. The van der Waals surface area contributed by atoms with Crippen molar-refractivity contribution < 1.29 is 0 Å². The Labute approximate surface area is 156 Å². The lowest BCUT2D eigenvalue weighted by Crippen LogP contribution is -2.18. The lowest BCUT2D eigenvalue weighted by atomic mass is 10.1. The van der Waals surface area contributed by atoms with Crippen LogP contribution in [0, 0.1) is 18.4 Å². The van der Waals surface area contributed by atoms with Crippen LogP contribution in [-0.2, 0) is 5.75 Å². The van der Waals surface area contributed by atoms with Crippen molar-refractivity contribution in [3.63, 3.8) is 0 Å². The third-order valence-corrected chi connectivity index (χ3v) is 5.55. The van der Waals surface area contributed by atoms with Crippen LogP contribution in [-0.4, -0.2) is 15.4 Å². The van der Waals surface area contributed by atoms with Gasteiger partial charge in [-0.25, -0.2) is 4.99 Å². The molecule has 6 heteroatoms. The largest absolute Gasteiger partial charge is 0.332 e. The minimum atomic E-state index is 0.217. The summed E-state index contributed by atoms with van der Waals surface area (Å²) in [5.74, 6) is 1.44. The van der Waals surface area contributed by atoms with E-state index in [4.69, 9.17) is 10.3 Å². The average molecular weight is 359 g/mol. The van der Waals surface area contributed by atoms with Gasteiger partial charge in [0.05, 0.1) is 11.4 Å². The number of pyridine rings is 1. The number of amidine groups is 1. The minimum absolute atomic E-state index is 0.217. The predicted octanol–water partition coefficient (Wildman–Crippen LogP) is 4.13. The van der Waals surface area contributed by atoms with Crippen LogP contribution in [0.25, 0.3) is 0 Å². The molecule has 0 fully saturated rings. The Kier molecular flexibility index (Phi) is 4.46. The standard InChI is InChI=1S/C20H17N5S/c1-14-4-2-5-15(10-14)19(23-13-21)24-17-7-9-25-18(17)12-26-20(25)16-6-3-8-22-11-16/h2-11,20H,12H2,1H3,(H,23,24). The highest BCUT2D eigenvalue weighted by Gasteiger charge is 2.26. The van der Waals surface area contributed by atoms with Gasteiger partial charge in [0, 0.05) is 35.5 Å². The topological polar surface area (TPSA) is 66.0 Å². The van der Waals surface area contributed by atoms with Gasteiger partial charge in [-0.3, -0.25) is 10.3 Å². The molecule has 1 aromatic carbocycles. The fraction of sp³-hybridized carbons (Fsp3) is 0.150. The number of hydrogen-bond acceptors (Lipinski definition) is 4. The summed E-state index contributed by atoms with van der Waals surface area (Å²) < 4.78 is 2.24. The van der Waals surface area contributed by atoms with Gasteiger partial charge < -0.3 is 4.57 Å². The molecule has 3 heterocycles. The van der Waals surface area contributed by atoms with E-state index < -0.39 is 0 Å². The molecule has 0 saturated carbocycles. The van der Waals surface area contributed by atoms with E-state index >= 15 is 0 Å². The summed E-state index contributed by atoms with van der Waals surface area (Å²) >= 11 is 1.85. The molecule has 26 heavy (non-hydrogen) atoms. The van der Waals surface area contributed by atoms with Crippen molar-refractivity contribution in [3.05, 3.63) is 83.4 Å². The van der Waals surface area contributed by atoms with E-state index in [9.17, 15) is 0 Å². The third kappa shape index (κ3) is 3.09. The molecule has 1 atom stereocenters. The van der Waals surface area contributed by atoms with Crippen molar-refractivity contribution in [1.82, 2.24) is 14.9 Å². The lowest BCUT2D eigenvalue weighted by molar-refractivity contribution is 0.778. The summed E-state index contributed by atoms with van der Waals surface area (Å²) in [6.45, 7) is 2.03. The van der Waals surface area contributed by atoms with Crippen LogP contribution in [0.15, 0.2) is 66.0 Å². The molecule has 0 spiro atoms. The number of nitriles is 1. The molecule has 4 rings (SSSR count). The SMILES string of the molecule is Cc1cccc(C(=Nc2ccn3c2CSC3c2cccnc2)NC#N)c1. The Balaban J connectivity index is 1.71. The van der Waals surface area contributed by atoms with Gasteiger partial charge in [-0.1, -0.05) is 29.8 Å². The van der Waals surface area contributed by atoms with E-state index in [0.717, 1.165) is 28.3 Å². The molecule has 1 aliphatic rings. The zero-order valence-electron chi connectivity index (χ0n) is 14.3. The van der Waals surface area contributed by atoms with E-state index in [1.54, 1.807) is 6.20 Å².